The predicted octanol–water partition coefficient (Wildman–Crippen LogP) is 8.19. The van der Waals surface area contributed by atoms with E-state index in [0.29, 0.717) is 17.1 Å². The maximum Gasteiger partial charge on any atom is 0.150 e. The van der Waals surface area contributed by atoms with Crippen molar-refractivity contribution in [3.63, 3.8) is 0 Å². The summed E-state index contributed by atoms with van der Waals surface area (Å²) in [6, 6.07) is 0. The number of alkyl halides is 1. The van der Waals surface area contributed by atoms with Crippen molar-refractivity contribution in [1.29, 1.82) is 0 Å². The molecule has 0 saturated heterocycles. The van der Waals surface area contributed by atoms with Gasteiger partial charge in [0.1, 0.15) is 5.78 Å². The fourth-order valence-corrected chi connectivity index (χ4v) is 9.98. The second kappa shape index (κ2) is 7.93. The van der Waals surface area contributed by atoms with Crippen LogP contribution in [0.4, 0.5) is 0 Å². The van der Waals surface area contributed by atoms with E-state index in [4.69, 9.17) is 0 Å². The molecule has 1 nitrogen and oxygen atoms in total. The molecule has 2 heteroatoms. The molecule has 0 spiro atoms. The van der Waals surface area contributed by atoms with Gasteiger partial charge < -0.3 is 0 Å². The van der Waals surface area contributed by atoms with Gasteiger partial charge in [0.05, 0.1) is 4.32 Å². The number of ketones is 1. The van der Waals surface area contributed by atoms with E-state index in [-0.39, 0.29) is 9.74 Å². The zero-order valence-corrected chi connectivity index (χ0v) is 21.3. The summed E-state index contributed by atoms with van der Waals surface area (Å²) >= 11 is 4.07. The van der Waals surface area contributed by atoms with E-state index in [1.807, 2.05) is 0 Å². The lowest BCUT2D eigenvalue weighted by atomic mass is 9.44. The molecule has 0 radical (unpaired) electrons. The van der Waals surface area contributed by atoms with Crippen LogP contribution in [0.5, 0.6) is 0 Å². The molecule has 0 heterocycles. The molecule has 0 amide bonds. The Kier molecular flexibility index (Phi) is 6.11. The molecule has 4 aliphatic rings. The fourth-order valence-electron chi connectivity index (χ4n) is 9.05. The normalized spacial score (nSPS) is 48.2. The molecule has 4 saturated carbocycles. The minimum Gasteiger partial charge on any atom is -0.298 e. The Hall–Kier alpha value is 0.150. The van der Waals surface area contributed by atoms with Gasteiger partial charge in [0.15, 0.2) is 0 Å². The SMILES string of the molecule is CC(C)CCC[C@@H](C)[C@@H]1CC[C@@H]2[C@@H]3CC(=O)[C@@]4(Br)CCCC[C@]4(C)[C@H]3CC[C@]21C. The van der Waals surface area contributed by atoms with Crippen LogP contribution in [0, 0.1) is 46.3 Å². The van der Waals surface area contributed by atoms with Crippen LogP contribution >= 0.6 is 15.9 Å². The van der Waals surface area contributed by atoms with Gasteiger partial charge >= 0.3 is 0 Å². The van der Waals surface area contributed by atoms with Crippen molar-refractivity contribution in [2.75, 3.05) is 0 Å². The monoisotopic (exact) mass is 464 g/mol. The topological polar surface area (TPSA) is 17.1 Å². The zero-order chi connectivity index (χ0) is 21.0. The summed E-state index contributed by atoms with van der Waals surface area (Å²) in [4.78, 5) is 13.5. The number of hydrogen-bond donors (Lipinski definition) is 0. The minimum atomic E-state index is -0.213. The van der Waals surface area contributed by atoms with E-state index >= 15 is 0 Å². The van der Waals surface area contributed by atoms with Crippen molar-refractivity contribution >= 4 is 21.7 Å². The van der Waals surface area contributed by atoms with Crippen LogP contribution in [0.25, 0.3) is 0 Å². The van der Waals surface area contributed by atoms with Gasteiger partial charge in [-0.25, -0.2) is 0 Å². The van der Waals surface area contributed by atoms with Crippen LogP contribution in [0.2, 0.25) is 0 Å². The van der Waals surface area contributed by atoms with Crippen molar-refractivity contribution in [3.8, 4) is 0 Å². The molecule has 8 atom stereocenters. The van der Waals surface area contributed by atoms with Crippen molar-refractivity contribution in [1.82, 2.24) is 0 Å². The van der Waals surface area contributed by atoms with Gasteiger partial charge in [-0.3, -0.25) is 4.79 Å². The van der Waals surface area contributed by atoms with Gasteiger partial charge in [-0.2, -0.15) is 0 Å². The predicted molar refractivity (Wildman–Crippen MR) is 126 cm³/mol. The lowest BCUT2D eigenvalue weighted by molar-refractivity contribution is -0.148. The maximum atomic E-state index is 13.5. The van der Waals surface area contributed by atoms with Crippen LogP contribution in [0.3, 0.4) is 0 Å². The molecule has 0 aromatic carbocycles. The minimum absolute atomic E-state index is 0.188. The average molecular weight is 466 g/mol. The summed E-state index contributed by atoms with van der Waals surface area (Å²) in [6.07, 6.45) is 15.5. The highest BCUT2D eigenvalue weighted by Gasteiger charge is 2.66. The summed E-state index contributed by atoms with van der Waals surface area (Å²) in [5, 5.41) is 0. The smallest absolute Gasteiger partial charge is 0.150 e. The number of halogens is 1. The van der Waals surface area contributed by atoms with Gasteiger partial charge in [-0.15, -0.1) is 0 Å². The highest BCUT2D eigenvalue weighted by atomic mass is 79.9. The van der Waals surface area contributed by atoms with E-state index in [1.165, 1.54) is 64.2 Å². The third kappa shape index (κ3) is 3.41. The third-order valence-corrected chi connectivity index (χ3v) is 12.4. The molecule has 166 valence electrons. The Bertz CT molecular complexity index is 628. The number of rotatable bonds is 5. The van der Waals surface area contributed by atoms with Crippen LogP contribution < -0.4 is 0 Å². The van der Waals surface area contributed by atoms with E-state index in [0.717, 1.165) is 42.4 Å². The maximum absolute atomic E-state index is 13.5. The molecule has 0 unspecified atom stereocenters. The molecule has 0 aromatic heterocycles. The Labute approximate surface area is 188 Å². The van der Waals surface area contributed by atoms with Crippen LogP contribution in [-0.2, 0) is 4.79 Å². The third-order valence-electron chi connectivity index (χ3n) is 10.7. The highest BCUT2D eigenvalue weighted by molar-refractivity contribution is 9.10. The first-order valence-corrected chi connectivity index (χ1v) is 13.6. The number of fused-ring (bicyclic) bond motifs is 5. The molecule has 0 aromatic rings. The van der Waals surface area contributed by atoms with E-state index in [1.54, 1.807) is 0 Å². The van der Waals surface area contributed by atoms with Gasteiger partial charge in [0, 0.05) is 6.42 Å². The Morgan fingerprint density at radius 1 is 0.966 bits per heavy atom. The van der Waals surface area contributed by atoms with Gasteiger partial charge in [0.2, 0.25) is 0 Å². The first kappa shape index (κ1) is 22.3. The summed E-state index contributed by atoms with van der Waals surface area (Å²) in [7, 11) is 0. The van der Waals surface area contributed by atoms with Crippen molar-refractivity contribution in [3.05, 3.63) is 0 Å². The number of carbonyl (C=O) groups excluding carboxylic acids is 1. The highest BCUT2D eigenvalue weighted by Crippen LogP contribution is 2.70. The fraction of sp³-hybridized carbons (Fsp3) is 0.963. The summed E-state index contributed by atoms with van der Waals surface area (Å²) in [5.74, 6) is 5.32. The van der Waals surface area contributed by atoms with Crippen LogP contribution in [0.15, 0.2) is 0 Å². The van der Waals surface area contributed by atoms with Gasteiger partial charge in [0.25, 0.3) is 0 Å². The lowest BCUT2D eigenvalue weighted by Gasteiger charge is -2.63. The van der Waals surface area contributed by atoms with Crippen LogP contribution in [0.1, 0.15) is 112 Å². The second-order valence-electron chi connectivity index (χ2n) is 12.5. The Morgan fingerprint density at radius 2 is 1.69 bits per heavy atom. The quantitative estimate of drug-likeness (QED) is 0.374. The lowest BCUT2D eigenvalue weighted by Crippen LogP contribution is -2.62. The summed E-state index contributed by atoms with van der Waals surface area (Å²) in [6.45, 7) is 12.4. The molecular weight excluding hydrogens is 420 g/mol. The van der Waals surface area contributed by atoms with E-state index < -0.39 is 0 Å². The first-order chi connectivity index (χ1) is 13.6. The van der Waals surface area contributed by atoms with Crippen LogP contribution in [-0.4, -0.2) is 10.1 Å². The Morgan fingerprint density at radius 3 is 2.41 bits per heavy atom. The van der Waals surface area contributed by atoms with Gasteiger partial charge in [-0.1, -0.05) is 82.7 Å². The number of hydrogen-bond acceptors (Lipinski definition) is 1. The first-order valence-electron chi connectivity index (χ1n) is 12.9. The molecule has 4 aliphatic carbocycles. The van der Waals surface area contributed by atoms with Crippen molar-refractivity contribution in [2.24, 2.45) is 46.3 Å². The number of Topliss-reactive ketones (excluding diaryl/α,β-unsaturated/α-hetero) is 1. The molecule has 0 N–H and O–H groups in total. The van der Waals surface area contributed by atoms with E-state index in [9.17, 15) is 4.79 Å². The zero-order valence-electron chi connectivity index (χ0n) is 19.7. The Balaban J connectivity index is 1.53. The summed E-state index contributed by atoms with van der Waals surface area (Å²) in [5.41, 5.74) is 0.670. The van der Waals surface area contributed by atoms with Gasteiger partial charge in [-0.05, 0) is 84.9 Å². The molecule has 0 aliphatic heterocycles. The average Bonchev–Trinajstić information content (AvgIpc) is 3.01. The molecule has 4 fully saturated rings. The largest absolute Gasteiger partial charge is 0.298 e. The second-order valence-corrected chi connectivity index (χ2v) is 13.8. The molecule has 0 bridgehead atoms. The summed E-state index contributed by atoms with van der Waals surface area (Å²) < 4.78 is -0.213. The molecular formula is C27H45BrO. The van der Waals surface area contributed by atoms with E-state index in [2.05, 4.69) is 50.5 Å². The van der Waals surface area contributed by atoms with Crippen molar-refractivity contribution in [2.45, 2.75) is 116 Å². The number of carbonyl (C=O) groups is 1. The standard InChI is InChI=1S/C27H45BrO/c1-18(2)9-8-10-19(3)21-11-12-22-20-17-24(29)27(28)15-7-6-14-26(27,5)23(20)13-16-25(21,22)4/h18-23H,6-17H2,1-5H3/t19-,20+,21+,22-,23+,25+,26-,27+/m1/s1. The molecule has 29 heavy (non-hydrogen) atoms. The van der Waals surface area contributed by atoms with Crippen molar-refractivity contribution < 1.29 is 4.79 Å². The molecule has 4 rings (SSSR count).